The van der Waals surface area contributed by atoms with Gasteiger partial charge >= 0.3 is 5.97 Å². The van der Waals surface area contributed by atoms with E-state index in [0.29, 0.717) is 49.7 Å². The number of hydrogen-bond donors (Lipinski definition) is 5. The maximum absolute atomic E-state index is 13.4. The maximum Gasteiger partial charge on any atom is 0.326 e. The van der Waals surface area contributed by atoms with Gasteiger partial charge in [-0.15, -0.1) is 12.4 Å². The monoisotopic (exact) mass is 630 g/mol. The number of rotatable bonds is 20. The molecule has 2 rings (SSSR count). The third kappa shape index (κ3) is 13.7. The molecule has 2 aromatic rings. The summed E-state index contributed by atoms with van der Waals surface area (Å²) in [4.78, 5) is 50.7. The predicted octanol–water partition coefficient (Wildman–Crippen LogP) is 2.71. The van der Waals surface area contributed by atoms with Crippen molar-refractivity contribution in [2.24, 2.45) is 5.73 Å². The van der Waals surface area contributed by atoms with Crippen molar-refractivity contribution in [2.75, 3.05) is 19.8 Å². The Labute approximate surface area is 264 Å². The highest BCUT2D eigenvalue weighted by molar-refractivity contribution is 5.93. The van der Waals surface area contributed by atoms with Crippen molar-refractivity contribution in [2.45, 2.75) is 57.2 Å². The van der Waals surface area contributed by atoms with Crippen molar-refractivity contribution in [3.8, 4) is 11.5 Å². The van der Waals surface area contributed by atoms with Crippen molar-refractivity contribution < 1.29 is 33.8 Å². The maximum atomic E-state index is 13.4. The summed E-state index contributed by atoms with van der Waals surface area (Å²) >= 11 is 0. The summed E-state index contributed by atoms with van der Waals surface area (Å²) in [6.45, 7) is 9.60. The number of ether oxygens (including phenoxy) is 2. The van der Waals surface area contributed by atoms with Gasteiger partial charge < -0.3 is 36.3 Å². The van der Waals surface area contributed by atoms with Crippen molar-refractivity contribution >= 4 is 36.1 Å². The first kappa shape index (κ1) is 37.7. The van der Waals surface area contributed by atoms with Crippen LogP contribution >= 0.6 is 12.4 Å². The molecule has 12 heteroatoms. The molecule has 0 unspecified atom stereocenters. The van der Waals surface area contributed by atoms with Crippen LogP contribution in [0.2, 0.25) is 0 Å². The van der Waals surface area contributed by atoms with Crippen molar-refractivity contribution in [3.05, 3.63) is 85.0 Å². The molecule has 0 aliphatic carbocycles. The quantitative estimate of drug-likeness (QED) is 0.110. The van der Waals surface area contributed by atoms with Crippen LogP contribution in [0.1, 0.15) is 37.3 Å². The third-order valence-electron chi connectivity index (χ3n) is 6.35. The zero-order valence-corrected chi connectivity index (χ0v) is 25.8. The minimum atomic E-state index is -1.24. The number of nitrogens with two attached hydrogens (primary N) is 1. The zero-order chi connectivity index (χ0) is 31.6. The van der Waals surface area contributed by atoms with Gasteiger partial charge in [-0.2, -0.15) is 0 Å². The first-order valence-electron chi connectivity index (χ1n) is 14.1. The number of hydrogen-bond acceptors (Lipinski definition) is 7. The summed E-state index contributed by atoms with van der Waals surface area (Å²) in [5.74, 6) is -1.61. The highest BCUT2D eigenvalue weighted by atomic mass is 35.5. The first-order valence-corrected chi connectivity index (χ1v) is 14.1. The Morgan fingerprint density at radius 1 is 0.773 bits per heavy atom. The summed E-state index contributed by atoms with van der Waals surface area (Å²) in [6, 6.07) is 10.7. The molecule has 0 saturated heterocycles. The molecule has 3 atom stereocenters. The van der Waals surface area contributed by atoms with E-state index in [4.69, 9.17) is 15.2 Å². The highest BCUT2D eigenvalue weighted by Gasteiger charge is 2.29. The van der Waals surface area contributed by atoms with Gasteiger partial charge in [0.25, 0.3) is 0 Å². The molecule has 0 aliphatic heterocycles. The van der Waals surface area contributed by atoms with E-state index in [2.05, 4.69) is 29.1 Å². The van der Waals surface area contributed by atoms with Crippen LogP contribution in [0.15, 0.2) is 73.8 Å². The van der Waals surface area contributed by atoms with Crippen LogP contribution in [-0.2, 0) is 32.0 Å². The van der Waals surface area contributed by atoms with E-state index < -0.39 is 41.8 Å². The fourth-order valence-corrected chi connectivity index (χ4v) is 4.19. The number of nitrogens with one attached hydrogen (secondary N) is 3. The molecule has 0 heterocycles. The molecular formula is C32H43ClN4O7. The molecule has 44 heavy (non-hydrogen) atoms. The second kappa shape index (κ2) is 20.5. The van der Waals surface area contributed by atoms with E-state index in [1.807, 2.05) is 0 Å². The lowest BCUT2D eigenvalue weighted by Gasteiger charge is -2.24. The summed E-state index contributed by atoms with van der Waals surface area (Å²) in [6.07, 6.45) is 4.79. The molecule has 0 radical (unpaired) electrons. The highest BCUT2D eigenvalue weighted by Crippen LogP contribution is 2.15. The van der Waals surface area contributed by atoms with E-state index in [9.17, 15) is 24.3 Å². The Balaban J connectivity index is 0.00000968. The van der Waals surface area contributed by atoms with Gasteiger partial charge in [-0.1, -0.05) is 49.6 Å². The fourth-order valence-electron chi connectivity index (χ4n) is 4.19. The van der Waals surface area contributed by atoms with Gasteiger partial charge in [-0.05, 0) is 61.2 Å². The number of unbranched alkanes of at least 4 members (excludes halogenated alkanes) is 1. The molecule has 0 saturated carbocycles. The lowest BCUT2D eigenvalue weighted by Crippen LogP contribution is -2.56. The number of amides is 3. The Bertz CT molecular complexity index is 1220. The summed E-state index contributed by atoms with van der Waals surface area (Å²) in [7, 11) is 0. The third-order valence-corrected chi connectivity index (χ3v) is 6.35. The van der Waals surface area contributed by atoms with E-state index in [1.54, 1.807) is 60.7 Å². The number of carbonyl (C=O) groups excluding carboxylic acids is 3. The molecule has 0 aromatic heterocycles. The molecule has 11 nitrogen and oxygen atoms in total. The lowest BCUT2D eigenvalue weighted by molar-refractivity contribution is -0.142. The average Bonchev–Trinajstić information content (AvgIpc) is 2.98. The van der Waals surface area contributed by atoms with E-state index in [-0.39, 0.29) is 31.7 Å². The van der Waals surface area contributed by atoms with Crippen LogP contribution in [0.4, 0.5) is 0 Å². The standard InChI is InChI=1S/C32H42N4O7.ClH/c1-4-18-42-25-13-9-23(10-14-25)20-28(34-22(3)37)31(39)35-27(8-6-7-17-33)30(38)36-29(32(40)41)21-24-11-15-26(16-12-24)43-19-5-2;/h4-5,9-16,27-29H,1-2,6-8,17-21,33H2,3H3,(H,34,37)(H,35,39)(H,36,38)(H,40,41);1H/t27-,28+,29+;/m1./s1. The average molecular weight is 631 g/mol. The van der Waals surface area contributed by atoms with Crippen LogP contribution in [0.3, 0.4) is 0 Å². The van der Waals surface area contributed by atoms with Gasteiger partial charge in [0.15, 0.2) is 0 Å². The van der Waals surface area contributed by atoms with Gasteiger partial charge in [0.1, 0.15) is 42.8 Å². The Morgan fingerprint density at radius 3 is 1.66 bits per heavy atom. The number of carboxylic acid groups (broad SMARTS) is 1. The number of benzene rings is 2. The number of carbonyl (C=O) groups is 4. The topological polar surface area (TPSA) is 169 Å². The smallest absolute Gasteiger partial charge is 0.326 e. The molecule has 6 N–H and O–H groups in total. The van der Waals surface area contributed by atoms with Gasteiger partial charge in [0.05, 0.1) is 0 Å². The van der Waals surface area contributed by atoms with Crippen molar-refractivity contribution in [1.29, 1.82) is 0 Å². The fraction of sp³-hybridized carbons (Fsp3) is 0.375. The van der Waals surface area contributed by atoms with Gasteiger partial charge in [0.2, 0.25) is 17.7 Å². The molecule has 0 fully saturated rings. The van der Waals surface area contributed by atoms with Crippen LogP contribution in [-0.4, -0.2) is 66.7 Å². The summed E-state index contributed by atoms with van der Waals surface area (Å²) in [5, 5.41) is 17.8. The van der Waals surface area contributed by atoms with Crippen LogP contribution in [0.5, 0.6) is 11.5 Å². The SMILES string of the molecule is C=CCOc1ccc(C[C@H](NC(=O)[C@@H](CCCCN)NC(=O)[C@H](Cc2ccc(OCC=C)cc2)NC(C)=O)C(=O)O)cc1.Cl. The molecule has 0 spiro atoms. The first-order chi connectivity index (χ1) is 20.7. The van der Waals surface area contributed by atoms with E-state index in [1.165, 1.54) is 6.92 Å². The number of carboxylic acids is 1. The van der Waals surface area contributed by atoms with Gasteiger partial charge in [0, 0.05) is 19.8 Å². The molecular weight excluding hydrogens is 588 g/mol. The second-order valence-corrected chi connectivity index (χ2v) is 9.89. The van der Waals surface area contributed by atoms with Crippen LogP contribution < -0.4 is 31.2 Å². The number of halogens is 1. The Hall–Kier alpha value is -4.35. The summed E-state index contributed by atoms with van der Waals surface area (Å²) < 4.78 is 10.9. The van der Waals surface area contributed by atoms with E-state index >= 15 is 0 Å². The minimum Gasteiger partial charge on any atom is -0.490 e. The van der Waals surface area contributed by atoms with Crippen molar-refractivity contribution in [1.82, 2.24) is 16.0 Å². The second-order valence-electron chi connectivity index (χ2n) is 9.89. The van der Waals surface area contributed by atoms with E-state index in [0.717, 1.165) is 5.56 Å². The lowest BCUT2D eigenvalue weighted by atomic mass is 10.0. The van der Waals surface area contributed by atoms with Gasteiger partial charge in [-0.25, -0.2) is 4.79 Å². The van der Waals surface area contributed by atoms with Gasteiger partial charge in [-0.3, -0.25) is 14.4 Å². The molecule has 3 amide bonds. The van der Waals surface area contributed by atoms with Crippen molar-refractivity contribution in [3.63, 3.8) is 0 Å². The zero-order valence-electron chi connectivity index (χ0n) is 25.0. The minimum absolute atomic E-state index is 0. The molecule has 0 aliphatic rings. The van der Waals surface area contributed by atoms with Crippen LogP contribution in [0.25, 0.3) is 0 Å². The number of aliphatic carboxylic acids is 1. The predicted molar refractivity (Wildman–Crippen MR) is 171 cm³/mol. The summed E-state index contributed by atoms with van der Waals surface area (Å²) in [5.41, 5.74) is 7.06. The molecule has 240 valence electrons. The van der Waals surface area contributed by atoms with Crippen LogP contribution in [0, 0.1) is 0 Å². The normalized spacial score (nSPS) is 12.3. The Morgan fingerprint density at radius 2 is 1.23 bits per heavy atom. The largest absolute Gasteiger partial charge is 0.490 e. The Kier molecular flexibility index (Phi) is 17.6. The molecule has 0 bridgehead atoms. The molecule has 2 aromatic carbocycles.